The fourth-order valence-corrected chi connectivity index (χ4v) is 2.84. The highest BCUT2D eigenvalue weighted by molar-refractivity contribution is 5.74. The maximum absolute atomic E-state index is 12.0. The van der Waals surface area contributed by atoms with Crippen LogP contribution in [0.15, 0.2) is 24.3 Å². The topological polar surface area (TPSA) is 61.4 Å². The van der Waals surface area contributed by atoms with Gasteiger partial charge >= 0.3 is 6.03 Å². The maximum Gasteiger partial charge on any atom is 0.315 e. The minimum Gasteiger partial charge on any atom is -0.391 e. The van der Waals surface area contributed by atoms with Gasteiger partial charge in [-0.25, -0.2) is 4.79 Å². The number of amides is 2. The minimum atomic E-state index is -0.414. The van der Waals surface area contributed by atoms with Crippen molar-refractivity contribution < 1.29 is 9.90 Å². The monoisotopic (exact) mass is 276 g/mol. The highest BCUT2D eigenvalue weighted by Gasteiger charge is 2.24. The number of rotatable bonds is 3. The van der Waals surface area contributed by atoms with Crippen LogP contribution in [0.1, 0.15) is 49.8 Å². The Hall–Kier alpha value is -1.55. The van der Waals surface area contributed by atoms with Gasteiger partial charge in [-0.1, -0.05) is 37.1 Å². The van der Waals surface area contributed by atoms with Crippen molar-refractivity contribution in [3.63, 3.8) is 0 Å². The van der Waals surface area contributed by atoms with E-state index in [0.29, 0.717) is 0 Å². The predicted molar refractivity (Wildman–Crippen MR) is 79.5 cm³/mol. The average molecular weight is 276 g/mol. The number of carbonyl (C=O) groups excluding carboxylic acids is 1. The van der Waals surface area contributed by atoms with E-state index in [4.69, 9.17) is 0 Å². The van der Waals surface area contributed by atoms with E-state index in [-0.39, 0.29) is 18.1 Å². The lowest BCUT2D eigenvalue weighted by molar-refractivity contribution is 0.0941. The third-order valence-electron chi connectivity index (χ3n) is 4.05. The zero-order valence-electron chi connectivity index (χ0n) is 12.2. The Morgan fingerprint density at radius 2 is 2.00 bits per heavy atom. The Morgan fingerprint density at radius 3 is 2.70 bits per heavy atom. The molecule has 2 amide bonds. The normalized spacial score (nSPS) is 23.9. The molecule has 4 heteroatoms. The summed E-state index contributed by atoms with van der Waals surface area (Å²) in [6.45, 7) is 4.01. The summed E-state index contributed by atoms with van der Waals surface area (Å²) in [4.78, 5) is 12.0. The standard InChI is InChI=1S/C16H24N2O2/c1-11-7-3-4-8-13(11)12(2)17-16(20)18-14-9-5-6-10-15(14)19/h3-4,7-8,12,14-15,19H,5-6,9-10H2,1-2H3,(H2,17,18,20). The first-order valence-corrected chi connectivity index (χ1v) is 7.38. The molecule has 1 aromatic rings. The number of carbonyl (C=O) groups is 1. The van der Waals surface area contributed by atoms with Gasteiger partial charge in [-0.2, -0.15) is 0 Å². The predicted octanol–water partition coefficient (Wildman–Crippen LogP) is 2.66. The Labute approximate surface area is 120 Å². The quantitative estimate of drug-likeness (QED) is 0.795. The van der Waals surface area contributed by atoms with Crippen LogP contribution in [-0.2, 0) is 0 Å². The highest BCUT2D eigenvalue weighted by atomic mass is 16.3. The van der Waals surface area contributed by atoms with Gasteiger partial charge in [-0.05, 0) is 37.8 Å². The van der Waals surface area contributed by atoms with E-state index in [1.807, 2.05) is 38.1 Å². The molecule has 1 saturated carbocycles. The molecule has 110 valence electrons. The Bertz CT molecular complexity index is 462. The van der Waals surface area contributed by atoms with Crippen LogP contribution in [0, 0.1) is 6.92 Å². The zero-order chi connectivity index (χ0) is 14.5. The lowest BCUT2D eigenvalue weighted by Gasteiger charge is -2.29. The molecule has 1 aromatic carbocycles. The molecule has 0 bridgehead atoms. The molecule has 3 N–H and O–H groups in total. The van der Waals surface area contributed by atoms with Gasteiger partial charge in [-0.3, -0.25) is 0 Å². The summed E-state index contributed by atoms with van der Waals surface area (Å²) in [6.07, 6.45) is 3.32. The van der Waals surface area contributed by atoms with Gasteiger partial charge in [0.1, 0.15) is 0 Å². The van der Waals surface area contributed by atoms with Crippen molar-refractivity contribution in [1.29, 1.82) is 0 Å². The lowest BCUT2D eigenvalue weighted by Crippen LogP contribution is -2.49. The molecule has 0 heterocycles. The molecule has 0 radical (unpaired) electrons. The van der Waals surface area contributed by atoms with Crippen LogP contribution in [0.5, 0.6) is 0 Å². The Kier molecular flexibility index (Phi) is 5.01. The number of hydrogen-bond donors (Lipinski definition) is 3. The first kappa shape index (κ1) is 14.9. The van der Waals surface area contributed by atoms with Crippen molar-refractivity contribution >= 4 is 6.03 Å². The first-order chi connectivity index (χ1) is 9.58. The van der Waals surface area contributed by atoms with Crippen molar-refractivity contribution in [1.82, 2.24) is 10.6 Å². The zero-order valence-corrected chi connectivity index (χ0v) is 12.2. The summed E-state index contributed by atoms with van der Waals surface area (Å²) < 4.78 is 0. The van der Waals surface area contributed by atoms with Crippen LogP contribution in [0.4, 0.5) is 4.79 Å². The smallest absolute Gasteiger partial charge is 0.315 e. The summed E-state index contributed by atoms with van der Waals surface area (Å²) in [5, 5.41) is 15.7. The molecule has 0 aromatic heterocycles. The first-order valence-electron chi connectivity index (χ1n) is 7.38. The third kappa shape index (κ3) is 3.73. The van der Waals surface area contributed by atoms with Gasteiger partial charge < -0.3 is 15.7 Å². The molecular weight excluding hydrogens is 252 g/mol. The van der Waals surface area contributed by atoms with Crippen LogP contribution in [-0.4, -0.2) is 23.3 Å². The van der Waals surface area contributed by atoms with Gasteiger partial charge in [0.25, 0.3) is 0 Å². The molecule has 3 unspecified atom stereocenters. The van der Waals surface area contributed by atoms with E-state index < -0.39 is 6.10 Å². The molecule has 1 aliphatic rings. The molecule has 1 fully saturated rings. The SMILES string of the molecule is Cc1ccccc1C(C)NC(=O)NC1CCCCC1O. The second-order valence-corrected chi connectivity index (χ2v) is 5.65. The number of aliphatic hydroxyl groups is 1. The van der Waals surface area contributed by atoms with E-state index in [1.54, 1.807) is 0 Å². The molecule has 20 heavy (non-hydrogen) atoms. The Morgan fingerprint density at radius 1 is 1.30 bits per heavy atom. The van der Waals surface area contributed by atoms with Crippen molar-refractivity contribution in [2.45, 2.75) is 57.7 Å². The second-order valence-electron chi connectivity index (χ2n) is 5.65. The van der Waals surface area contributed by atoms with Gasteiger partial charge in [0.15, 0.2) is 0 Å². The van der Waals surface area contributed by atoms with Crippen LogP contribution in [0.3, 0.4) is 0 Å². The average Bonchev–Trinajstić information content (AvgIpc) is 2.41. The summed E-state index contributed by atoms with van der Waals surface area (Å²) in [6, 6.07) is 7.66. The molecule has 2 rings (SSSR count). The van der Waals surface area contributed by atoms with Crippen LogP contribution in [0.25, 0.3) is 0 Å². The molecule has 4 nitrogen and oxygen atoms in total. The van der Waals surface area contributed by atoms with E-state index >= 15 is 0 Å². The largest absolute Gasteiger partial charge is 0.391 e. The van der Waals surface area contributed by atoms with Crippen molar-refractivity contribution in [3.05, 3.63) is 35.4 Å². The van der Waals surface area contributed by atoms with Gasteiger partial charge in [-0.15, -0.1) is 0 Å². The number of benzene rings is 1. The van der Waals surface area contributed by atoms with Gasteiger partial charge in [0.05, 0.1) is 18.2 Å². The number of urea groups is 1. The summed E-state index contributed by atoms with van der Waals surface area (Å²) in [5.41, 5.74) is 2.28. The second kappa shape index (κ2) is 6.75. The summed E-state index contributed by atoms with van der Waals surface area (Å²) >= 11 is 0. The van der Waals surface area contributed by atoms with Gasteiger partial charge in [0.2, 0.25) is 0 Å². The highest BCUT2D eigenvalue weighted by Crippen LogP contribution is 2.19. The summed E-state index contributed by atoms with van der Waals surface area (Å²) in [5.74, 6) is 0. The van der Waals surface area contributed by atoms with E-state index in [9.17, 15) is 9.90 Å². The minimum absolute atomic E-state index is 0.0445. The molecule has 3 atom stereocenters. The molecule has 0 aliphatic heterocycles. The van der Waals surface area contributed by atoms with Crippen LogP contribution in [0.2, 0.25) is 0 Å². The molecule has 1 aliphatic carbocycles. The van der Waals surface area contributed by atoms with E-state index in [2.05, 4.69) is 10.6 Å². The summed E-state index contributed by atoms with van der Waals surface area (Å²) in [7, 11) is 0. The fourth-order valence-electron chi connectivity index (χ4n) is 2.84. The van der Waals surface area contributed by atoms with E-state index in [0.717, 1.165) is 36.8 Å². The third-order valence-corrected chi connectivity index (χ3v) is 4.05. The van der Waals surface area contributed by atoms with Crippen LogP contribution < -0.4 is 10.6 Å². The lowest BCUT2D eigenvalue weighted by atomic mass is 9.93. The van der Waals surface area contributed by atoms with E-state index in [1.165, 1.54) is 0 Å². The number of hydrogen-bond acceptors (Lipinski definition) is 2. The fraction of sp³-hybridized carbons (Fsp3) is 0.562. The number of nitrogens with one attached hydrogen (secondary N) is 2. The Balaban J connectivity index is 1.89. The maximum atomic E-state index is 12.0. The van der Waals surface area contributed by atoms with Crippen molar-refractivity contribution in [2.75, 3.05) is 0 Å². The van der Waals surface area contributed by atoms with Gasteiger partial charge in [0, 0.05) is 0 Å². The molecular formula is C16H24N2O2. The number of aryl methyl sites for hydroxylation is 1. The van der Waals surface area contributed by atoms with Crippen molar-refractivity contribution in [2.24, 2.45) is 0 Å². The van der Waals surface area contributed by atoms with Crippen molar-refractivity contribution in [3.8, 4) is 0 Å². The molecule has 0 saturated heterocycles. The van der Waals surface area contributed by atoms with Crippen LogP contribution >= 0.6 is 0 Å². The number of aliphatic hydroxyl groups excluding tert-OH is 1. The molecule has 0 spiro atoms.